The van der Waals surface area contributed by atoms with E-state index in [0.29, 0.717) is 12.3 Å². The van der Waals surface area contributed by atoms with E-state index in [9.17, 15) is 4.79 Å². The first kappa shape index (κ1) is 16.2. The third-order valence-corrected chi connectivity index (χ3v) is 3.50. The highest BCUT2D eigenvalue weighted by molar-refractivity contribution is 5.84. The second kappa shape index (κ2) is 6.56. The van der Waals surface area contributed by atoms with Crippen LogP contribution in [-0.2, 0) is 4.79 Å². The zero-order valence-electron chi connectivity index (χ0n) is 13.0. The van der Waals surface area contributed by atoms with Gasteiger partial charge < -0.3 is 11.1 Å². The number of nitrogens with one attached hydrogen (secondary N) is 1. The van der Waals surface area contributed by atoms with E-state index in [4.69, 9.17) is 5.73 Å². The number of allylic oxidation sites excluding steroid dienone is 1. The molecule has 1 saturated carbocycles. The second-order valence-corrected chi connectivity index (χ2v) is 7.09. The van der Waals surface area contributed by atoms with Gasteiger partial charge in [0.15, 0.2) is 5.78 Å². The molecule has 0 spiro atoms. The Morgan fingerprint density at radius 1 is 1.42 bits per heavy atom. The van der Waals surface area contributed by atoms with Crippen LogP contribution in [0, 0.1) is 11.3 Å². The van der Waals surface area contributed by atoms with Crippen LogP contribution in [0.3, 0.4) is 0 Å². The zero-order valence-corrected chi connectivity index (χ0v) is 13.0. The maximum absolute atomic E-state index is 12.0. The number of hydrogen-bond acceptors (Lipinski definition) is 3. The molecule has 1 rings (SSSR count). The number of Topliss-reactive ketones (excluding diaryl/α,β-unsaturated/α-hetero) is 1. The summed E-state index contributed by atoms with van der Waals surface area (Å²) in [6.45, 7) is 12.7. The predicted molar refractivity (Wildman–Crippen MR) is 80.8 cm³/mol. The maximum atomic E-state index is 12.0. The molecule has 0 saturated heterocycles. The first-order valence-corrected chi connectivity index (χ1v) is 7.47. The van der Waals surface area contributed by atoms with Gasteiger partial charge >= 0.3 is 0 Å². The lowest BCUT2D eigenvalue weighted by Crippen LogP contribution is -2.50. The Kier molecular flexibility index (Phi) is 5.60. The molecule has 1 fully saturated rings. The van der Waals surface area contributed by atoms with E-state index in [-0.39, 0.29) is 23.3 Å². The minimum atomic E-state index is -0.385. The van der Waals surface area contributed by atoms with Crippen LogP contribution in [0.15, 0.2) is 12.3 Å². The molecule has 0 bridgehead atoms. The molecule has 1 aliphatic carbocycles. The van der Waals surface area contributed by atoms with Crippen molar-refractivity contribution in [3.63, 3.8) is 0 Å². The maximum Gasteiger partial charge on any atom is 0.151 e. The van der Waals surface area contributed by atoms with Crippen LogP contribution >= 0.6 is 0 Å². The van der Waals surface area contributed by atoms with Crippen molar-refractivity contribution in [3.05, 3.63) is 12.3 Å². The molecule has 0 amide bonds. The minimum absolute atomic E-state index is 0.0777. The summed E-state index contributed by atoms with van der Waals surface area (Å²) in [5.41, 5.74) is 7.36. The van der Waals surface area contributed by atoms with Crippen LogP contribution in [0.2, 0.25) is 0 Å². The summed E-state index contributed by atoms with van der Waals surface area (Å²) in [5.74, 6) is 0.725. The van der Waals surface area contributed by atoms with Gasteiger partial charge in [-0.2, -0.15) is 0 Å². The van der Waals surface area contributed by atoms with Crippen molar-refractivity contribution in [1.29, 1.82) is 0 Å². The number of hydrogen-bond donors (Lipinski definition) is 2. The number of carbonyl (C=O) groups excluding carboxylic acids is 1. The average molecular weight is 266 g/mol. The third-order valence-electron chi connectivity index (χ3n) is 3.50. The molecule has 2 atom stereocenters. The molecule has 110 valence electrons. The van der Waals surface area contributed by atoms with Gasteiger partial charge in [-0.25, -0.2) is 0 Å². The van der Waals surface area contributed by atoms with Gasteiger partial charge in [0.1, 0.15) is 0 Å². The highest BCUT2D eigenvalue weighted by Gasteiger charge is 2.37. The number of carbonyl (C=O) groups is 1. The highest BCUT2D eigenvalue weighted by atomic mass is 16.1. The van der Waals surface area contributed by atoms with Crippen molar-refractivity contribution >= 4 is 5.78 Å². The van der Waals surface area contributed by atoms with Crippen LogP contribution in [0.1, 0.15) is 59.8 Å². The van der Waals surface area contributed by atoms with Gasteiger partial charge in [0.2, 0.25) is 0 Å². The van der Waals surface area contributed by atoms with Crippen LogP contribution in [0.5, 0.6) is 0 Å². The van der Waals surface area contributed by atoms with E-state index in [0.717, 1.165) is 18.5 Å². The normalized spacial score (nSPS) is 18.8. The SMILES string of the molecule is C=C(CC(C)(C)C)NC(C1CC1)C(N)C(=O)CCC. The van der Waals surface area contributed by atoms with Crippen molar-refractivity contribution in [2.45, 2.75) is 71.9 Å². The fourth-order valence-electron chi connectivity index (χ4n) is 2.50. The van der Waals surface area contributed by atoms with Gasteiger partial charge in [0, 0.05) is 12.1 Å². The molecule has 0 aromatic rings. The molecular formula is C16H30N2O. The van der Waals surface area contributed by atoms with Crippen LogP contribution < -0.4 is 11.1 Å². The van der Waals surface area contributed by atoms with Crippen LogP contribution in [-0.4, -0.2) is 17.9 Å². The standard InChI is InChI=1S/C16H30N2O/c1-6-7-13(19)14(17)15(12-8-9-12)18-11(2)10-16(3,4)5/h12,14-15,18H,2,6-10,17H2,1,3-5H3. The Balaban J connectivity index is 2.58. The molecule has 0 heterocycles. The van der Waals surface area contributed by atoms with Crippen molar-refractivity contribution in [2.75, 3.05) is 0 Å². The number of ketones is 1. The number of rotatable bonds is 8. The molecule has 0 aromatic heterocycles. The molecule has 3 heteroatoms. The lowest BCUT2D eigenvalue weighted by Gasteiger charge is -2.29. The zero-order chi connectivity index (χ0) is 14.6. The van der Waals surface area contributed by atoms with Crippen molar-refractivity contribution in [3.8, 4) is 0 Å². The Morgan fingerprint density at radius 3 is 2.42 bits per heavy atom. The van der Waals surface area contributed by atoms with E-state index in [1.54, 1.807) is 0 Å². The first-order valence-electron chi connectivity index (χ1n) is 7.47. The highest BCUT2D eigenvalue weighted by Crippen LogP contribution is 2.35. The van der Waals surface area contributed by atoms with Gasteiger partial charge in [-0.15, -0.1) is 0 Å². The van der Waals surface area contributed by atoms with E-state index < -0.39 is 0 Å². The first-order chi connectivity index (χ1) is 8.74. The number of nitrogens with two attached hydrogens (primary N) is 1. The topological polar surface area (TPSA) is 55.1 Å². The summed E-state index contributed by atoms with van der Waals surface area (Å²) < 4.78 is 0. The van der Waals surface area contributed by atoms with E-state index in [1.807, 2.05) is 6.92 Å². The van der Waals surface area contributed by atoms with Gasteiger partial charge in [-0.05, 0) is 37.0 Å². The smallest absolute Gasteiger partial charge is 0.151 e. The molecule has 0 aliphatic heterocycles. The molecule has 2 unspecified atom stereocenters. The average Bonchev–Trinajstić information content (AvgIpc) is 3.06. The molecule has 0 aromatic carbocycles. The molecule has 0 radical (unpaired) electrons. The van der Waals surface area contributed by atoms with Crippen LogP contribution in [0.25, 0.3) is 0 Å². The Bertz CT molecular complexity index is 326. The van der Waals surface area contributed by atoms with Crippen molar-refractivity contribution in [2.24, 2.45) is 17.1 Å². The molecule has 1 aliphatic rings. The summed E-state index contributed by atoms with van der Waals surface area (Å²) >= 11 is 0. The largest absolute Gasteiger partial charge is 0.384 e. The molecule has 19 heavy (non-hydrogen) atoms. The summed E-state index contributed by atoms with van der Waals surface area (Å²) in [6, 6.07) is -0.307. The quantitative estimate of drug-likeness (QED) is 0.710. The molecule has 3 nitrogen and oxygen atoms in total. The van der Waals surface area contributed by atoms with Crippen molar-refractivity contribution in [1.82, 2.24) is 5.32 Å². The Hall–Kier alpha value is -0.830. The lowest BCUT2D eigenvalue weighted by molar-refractivity contribution is -0.121. The van der Waals surface area contributed by atoms with Gasteiger partial charge in [-0.1, -0.05) is 34.3 Å². The van der Waals surface area contributed by atoms with Gasteiger partial charge in [0.25, 0.3) is 0 Å². The predicted octanol–water partition coefficient (Wildman–Crippen LogP) is 3.00. The van der Waals surface area contributed by atoms with E-state index in [2.05, 4.69) is 32.7 Å². The third kappa shape index (κ3) is 5.77. The Labute approximate surface area is 118 Å². The fraction of sp³-hybridized carbons (Fsp3) is 0.812. The lowest BCUT2D eigenvalue weighted by atomic mass is 9.90. The van der Waals surface area contributed by atoms with Gasteiger partial charge in [-0.3, -0.25) is 4.79 Å². The van der Waals surface area contributed by atoms with Crippen molar-refractivity contribution < 1.29 is 4.79 Å². The van der Waals surface area contributed by atoms with Crippen LogP contribution in [0.4, 0.5) is 0 Å². The molecular weight excluding hydrogens is 236 g/mol. The summed E-state index contributed by atoms with van der Waals surface area (Å²) in [7, 11) is 0. The second-order valence-electron chi connectivity index (χ2n) is 7.09. The molecule has 3 N–H and O–H groups in total. The fourth-order valence-corrected chi connectivity index (χ4v) is 2.50. The van der Waals surface area contributed by atoms with E-state index in [1.165, 1.54) is 12.8 Å². The van der Waals surface area contributed by atoms with Gasteiger partial charge in [0.05, 0.1) is 12.1 Å². The van der Waals surface area contributed by atoms with E-state index >= 15 is 0 Å². The Morgan fingerprint density at radius 2 is 2.00 bits per heavy atom. The minimum Gasteiger partial charge on any atom is -0.384 e. The summed E-state index contributed by atoms with van der Waals surface area (Å²) in [4.78, 5) is 12.0. The summed E-state index contributed by atoms with van der Waals surface area (Å²) in [6.07, 6.45) is 4.71. The monoisotopic (exact) mass is 266 g/mol. The summed E-state index contributed by atoms with van der Waals surface area (Å²) in [5, 5.41) is 3.43.